The van der Waals surface area contributed by atoms with E-state index in [1.54, 1.807) is 16.8 Å². The normalized spacial score (nSPS) is 10.7. The fraction of sp³-hybridized carbons (Fsp3) is 0.385. The van der Waals surface area contributed by atoms with E-state index in [2.05, 4.69) is 15.6 Å². The van der Waals surface area contributed by atoms with E-state index >= 15 is 0 Å². The highest BCUT2D eigenvalue weighted by atomic mass is 19.1. The summed E-state index contributed by atoms with van der Waals surface area (Å²) < 4.78 is 15.4. The molecule has 19 heavy (non-hydrogen) atoms. The van der Waals surface area contributed by atoms with Crippen molar-refractivity contribution in [2.24, 2.45) is 0 Å². The number of aromatic nitrogens is 3. The van der Waals surface area contributed by atoms with Crippen molar-refractivity contribution in [1.29, 1.82) is 0 Å². The second-order valence-corrected chi connectivity index (χ2v) is 4.38. The van der Waals surface area contributed by atoms with Crippen molar-refractivity contribution in [1.82, 2.24) is 20.3 Å². The zero-order valence-electron chi connectivity index (χ0n) is 11.2. The molecular weight excluding hydrogens is 245 g/mol. The Labute approximate surface area is 112 Å². The lowest BCUT2D eigenvalue weighted by Crippen LogP contribution is -2.23. The highest BCUT2D eigenvalue weighted by molar-refractivity contribution is 5.46. The number of anilines is 1. The topological polar surface area (TPSA) is 46.0 Å². The zero-order chi connectivity index (χ0) is 13.7. The van der Waals surface area contributed by atoms with E-state index in [0.717, 1.165) is 5.69 Å². The SMILES string of the molecule is CNCc1cn(CCN(C)c2ccccc2F)nn1. The first-order chi connectivity index (χ1) is 9.20. The molecule has 2 rings (SSSR count). The molecule has 0 aliphatic carbocycles. The molecule has 1 aromatic heterocycles. The van der Waals surface area contributed by atoms with Crippen molar-refractivity contribution in [2.75, 3.05) is 25.5 Å². The third kappa shape index (κ3) is 3.51. The van der Waals surface area contributed by atoms with Gasteiger partial charge in [0, 0.05) is 26.3 Å². The van der Waals surface area contributed by atoms with E-state index < -0.39 is 0 Å². The van der Waals surface area contributed by atoms with Crippen molar-refractivity contribution < 1.29 is 4.39 Å². The maximum Gasteiger partial charge on any atom is 0.146 e. The summed E-state index contributed by atoms with van der Waals surface area (Å²) in [6.45, 7) is 2.04. The molecule has 1 aromatic carbocycles. The van der Waals surface area contributed by atoms with Gasteiger partial charge in [-0.05, 0) is 19.2 Å². The fourth-order valence-electron chi connectivity index (χ4n) is 1.84. The number of halogens is 1. The first-order valence-corrected chi connectivity index (χ1v) is 6.20. The molecule has 0 unspecified atom stereocenters. The molecule has 0 bridgehead atoms. The zero-order valence-corrected chi connectivity index (χ0v) is 11.2. The van der Waals surface area contributed by atoms with Gasteiger partial charge in [-0.3, -0.25) is 4.68 Å². The summed E-state index contributed by atoms with van der Waals surface area (Å²) in [7, 11) is 3.73. The summed E-state index contributed by atoms with van der Waals surface area (Å²) in [4.78, 5) is 1.87. The number of hydrogen-bond donors (Lipinski definition) is 1. The van der Waals surface area contributed by atoms with Crippen LogP contribution in [0.25, 0.3) is 0 Å². The predicted octanol–water partition coefficient (Wildman–Crippen LogP) is 1.27. The van der Waals surface area contributed by atoms with E-state index in [-0.39, 0.29) is 5.82 Å². The third-order valence-electron chi connectivity index (χ3n) is 2.87. The van der Waals surface area contributed by atoms with Crippen LogP contribution in [0.5, 0.6) is 0 Å². The molecular formula is C13H18FN5. The van der Waals surface area contributed by atoms with Crippen molar-refractivity contribution in [2.45, 2.75) is 13.1 Å². The lowest BCUT2D eigenvalue weighted by molar-refractivity contribution is 0.576. The Bertz CT molecular complexity index is 525. The number of likely N-dealkylation sites (N-methyl/N-ethyl adjacent to an activating group) is 1. The van der Waals surface area contributed by atoms with Crippen LogP contribution in [-0.2, 0) is 13.1 Å². The van der Waals surface area contributed by atoms with Gasteiger partial charge in [-0.2, -0.15) is 0 Å². The summed E-state index contributed by atoms with van der Waals surface area (Å²) in [6, 6.07) is 6.75. The second kappa shape index (κ2) is 6.29. The summed E-state index contributed by atoms with van der Waals surface area (Å²) >= 11 is 0. The van der Waals surface area contributed by atoms with Crippen LogP contribution in [0.2, 0.25) is 0 Å². The molecule has 0 spiro atoms. The van der Waals surface area contributed by atoms with Gasteiger partial charge in [0.25, 0.3) is 0 Å². The van der Waals surface area contributed by atoms with Gasteiger partial charge in [0.05, 0.1) is 17.9 Å². The molecule has 2 aromatic rings. The Kier molecular flexibility index (Phi) is 4.46. The number of nitrogens with zero attached hydrogens (tertiary/aromatic N) is 4. The lowest BCUT2D eigenvalue weighted by atomic mass is 10.3. The molecule has 0 radical (unpaired) electrons. The molecule has 5 nitrogen and oxygen atoms in total. The van der Waals surface area contributed by atoms with Gasteiger partial charge in [-0.25, -0.2) is 4.39 Å². The van der Waals surface area contributed by atoms with E-state index in [1.165, 1.54) is 6.07 Å². The standard InChI is InChI=1S/C13H18FN5/c1-15-9-11-10-19(17-16-11)8-7-18(2)13-6-4-3-5-12(13)14/h3-6,10,15H,7-9H2,1-2H3. The summed E-state index contributed by atoms with van der Waals surface area (Å²) in [5.74, 6) is -0.209. The molecule has 0 amide bonds. The van der Waals surface area contributed by atoms with Gasteiger partial charge in [-0.1, -0.05) is 17.3 Å². The van der Waals surface area contributed by atoms with Crippen LogP contribution in [0.1, 0.15) is 5.69 Å². The Morgan fingerprint density at radius 3 is 2.89 bits per heavy atom. The molecule has 0 saturated heterocycles. The monoisotopic (exact) mass is 263 g/mol. The number of nitrogens with one attached hydrogen (secondary N) is 1. The number of benzene rings is 1. The van der Waals surface area contributed by atoms with Crippen molar-refractivity contribution in [3.05, 3.63) is 42.0 Å². The van der Waals surface area contributed by atoms with Crippen molar-refractivity contribution in [3.63, 3.8) is 0 Å². The average molecular weight is 263 g/mol. The van der Waals surface area contributed by atoms with Crippen LogP contribution in [0, 0.1) is 5.82 Å². The number of hydrogen-bond acceptors (Lipinski definition) is 4. The van der Waals surface area contributed by atoms with Gasteiger partial charge < -0.3 is 10.2 Å². The van der Waals surface area contributed by atoms with E-state index in [9.17, 15) is 4.39 Å². The Morgan fingerprint density at radius 2 is 2.16 bits per heavy atom. The van der Waals surface area contributed by atoms with E-state index in [4.69, 9.17) is 0 Å². The van der Waals surface area contributed by atoms with Crippen LogP contribution in [0.4, 0.5) is 10.1 Å². The van der Waals surface area contributed by atoms with Crippen LogP contribution in [0.3, 0.4) is 0 Å². The molecule has 0 aliphatic heterocycles. The van der Waals surface area contributed by atoms with Crippen LogP contribution >= 0.6 is 0 Å². The minimum Gasteiger partial charge on any atom is -0.370 e. The molecule has 0 fully saturated rings. The largest absolute Gasteiger partial charge is 0.370 e. The maximum atomic E-state index is 13.6. The number of rotatable bonds is 6. The number of para-hydroxylation sites is 1. The smallest absolute Gasteiger partial charge is 0.146 e. The van der Waals surface area contributed by atoms with Gasteiger partial charge in [0.1, 0.15) is 5.82 Å². The van der Waals surface area contributed by atoms with E-state index in [1.807, 2.05) is 31.3 Å². The molecule has 6 heteroatoms. The van der Waals surface area contributed by atoms with Gasteiger partial charge in [-0.15, -0.1) is 5.10 Å². The molecule has 0 atom stereocenters. The molecule has 1 heterocycles. The van der Waals surface area contributed by atoms with Crippen molar-refractivity contribution in [3.8, 4) is 0 Å². The van der Waals surface area contributed by atoms with Crippen LogP contribution in [-0.4, -0.2) is 35.6 Å². The minimum atomic E-state index is -0.209. The summed E-state index contributed by atoms with van der Waals surface area (Å²) in [6.07, 6.45) is 1.89. The molecule has 0 aliphatic rings. The highest BCUT2D eigenvalue weighted by Crippen LogP contribution is 2.16. The quantitative estimate of drug-likeness (QED) is 0.852. The average Bonchev–Trinajstić information content (AvgIpc) is 2.85. The summed E-state index contributed by atoms with van der Waals surface area (Å²) in [5, 5.41) is 11.1. The maximum absolute atomic E-state index is 13.6. The first kappa shape index (κ1) is 13.5. The third-order valence-corrected chi connectivity index (χ3v) is 2.87. The molecule has 1 N–H and O–H groups in total. The Hall–Kier alpha value is -1.95. The Balaban J connectivity index is 1.92. The van der Waals surface area contributed by atoms with Gasteiger partial charge in [0.15, 0.2) is 0 Å². The first-order valence-electron chi connectivity index (χ1n) is 6.20. The fourth-order valence-corrected chi connectivity index (χ4v) is 1.84. The van der Waals surface area contributed by atoms with Crippen LogP contribution in [0.15, 0.2) is 30.5 Å². The Morgan fingerprint density at radius 1 is 1.37 bits per heavy atom. The molecule has 0 saturated carbocycles. The van der Waals surface area contributed by atoms with E-state index in [0.29, 0.717) is 25.3 Å². The summed E-state index contributed by atoms with van der Waals surface area (Å²) in [5.41, 5.74) is 1.49. The molecule has 102 valence electrons. The van der Waals surface area contributed by atoms with Gasteiger partial charge in [0.2, 0.25) is 0 Å². The minimum absolute atomic E-state index is 0.209. The van der Waals surface area contributed by atoms with Gasteiger partial charge >= 0.3 is 0 Å². The predicted molar refractivity (Wildman–Crippen MR) is 72.5 cm³/mol. The highest BCUT2D eigenvalue weighted by Gasteiger charge is 2.07. The van der Waals surface area contributed by atoms with Crippen LogP contribution < -0.4 is 10.2 Å². The van der Waals surface area contributed by atoms with Crippen molar-refractivity contribution >= 4 is 5.69 Å². The second-order valence-electron chi connectivity index (χ2n) is 4.38. The lowest BCUT2D eigenvalue weighted by Gasteiger charge is -2.19.